The van der Waals surface area contributed by atoms with Crippen molar-refractivity contribution < 1.29 is 9.53 Å². The number of carbonyl (C=O) groups is 1. The van der Waals surface area contributed by atoms with E-state index in [1.54, 1.807) is 7.11 Å². The van der Waals surface area contributed by atoms with Crippen LogP contribution in [0.1, 0.15) is 21.7 Å². The first-order valence-electron chi connectivity index (χ1n) is 8.63. The number of carbonyl (C=O) groups excluding carboxylic acids is 1. The van der Waals surface area contributed by atoms with Crippen molar-refractivity contribution in [1.29, 1.82) is 0 Å². The molecule has 2 heterocycles. The Morgan fingerprint density at radius 3 is 2.71 bits per heavy atom. The van der Waals surface area contributed by atoms with Crippen LogP contribution in [0, 0.1) is 19.8 Å². The second-order valence-corrected chi connectivity index (χ2v) is 7.25. The van der Waals surface area contributed by atoms with Gasteiger partial charge in [-0.3, -0.25) is 4.79 Å². The summed E-state index contributed by atoms with van der Waals surface area (Å²) in [6, 6.07) is 2.19. The summed E-state index contributed by atoms with van der Waals surface area (Å²) >= 11 is 0. The van der Waals surface area contributed by atoms with E-state index in [2.05, 4.69) is 40.8 Å². The monoisotopic (exact) mass is 336 g/mol. The van der Waals surface area contributed by atoms with Crippen LogP contribution in [0.3, 0.4) is 0 Å². The summed E-state index contributed by atoms with van der Waals surface area (Å²) in [5.74, 6) is 0.502. The zero-order valence-electron chi connectivity index (χ0n) is 15.9. The standard InChI is InChI=1S/C18H32N4O2/c1-13-9-16(14(2)22(13)7-8-24-6)18(23)19-17-12-21(5)11-15(17)10-20(3)4/h9,15,17H,7-8,10-12H2,1-6H3,(H,19,23)/t15-,17-/m1/s1. The highest BCUT2D eigenvalue weighted by Gasteiger charge is 2.32. The topological polar surface area (TPSA) is 49.7 Å². The second-order valence-electron chi connectivity index (χ2n) is 7.25. The minimum Gasteiger partial charge on any atom is -0.383 e. The van der Waals surface area contributed by atoms with Gasteiger partial charge in [0.05, 0.1) is 12.2 Å². The third kappa shape index (κ3) is 4.37. The minimum atomic E-state index is 0.0378. The Morgan fingerprint density at radius 2 is 2.08 bits per heavy atom. The fourth-order valence-electron chi connectivity index (χ4n) is 3.71. The number of nitrogens with zero attached hydrogens (tertiary/aromatic N) is 3. The summed E-state index contributed by atoms with van der Waals surface area (Å²) in [5, 5.41) is 3.27. The molecule has 0 aliphatic carbocycles. The molecule has 0 saturated carbocycles. The van der Waals surface area contributed by atoms with E-state index in [0.717, 1.165) is 43.1 Å². The van der Waals surface area contributed by atoms with Gasteiger partial charge in [-0.25, -0.2) is 0 Å². The molecule has 1 saturated heterocycles. The zero-order valence-corrected chi connectivity index (χ0v) is 15.9. The predicted octanol–water partition coefficient (Wildman–Crippen LogP) is 0.973. The number of methoxy groups -OCH3 is 1. The number of aromatic nitrogens is 1. The summed E-state index contributed by atoms with van der Waals surface area (Å²) in [7, 11) is 7.98. The van der Waals surface area contributed by atoms with Crippen molar-refractivity contribution in [2.24, 2.45) is 5.92 Å². The summed E-state index contributed by atoms with van der Waals surface area (Å²) in [5.41, 5.74) is 2.89. The molecule has 0 aromatic carbocycles. The molecule has 2 rings (SSSR count). The number of aryl methyl sites for hydroxylation is 1. The van der Waals surface area contributed by atoms with E-state index >= 15 is 0 Å². The van der Waals surface area contributed by atoms with Crippen LogP contribution < -0.4 is 5.32 Å². The molecule has 24 heavy (non-hydrogen) atoms. The van der Waals surface area contributed by atoms with E-state index in [9.17, 15) is 4.79 Å². The molecule has 0 unspecified atom stereocenters. The zero-order chi connectivity index (χ0) is 17.9. The molecule has 1 aliphatic rings. The molecular formula is C18H32N4O2. The average Bonchev–Trinajstić information content (AvgIpc) is 2.96. The molecule has 1 aromatic rings. The van der Waals surface area contributed by atoms with E-state index in [4.69, 9.17) is 4.74 Å². The van der Waals surface area contributed by atoms with Crippen molar-refractivity contribution in [2.45, 2.75) is 26.4 Å². The van der Waals surface area contributed by atoms with Crippen LogP contribution in [0.25, 0.3) is 0 Å². The Bertz CT molecular complexity index is 568. The Hall–Kier alpha value is -1.37. The fraction of sp³-hybridized carbons (Fsp3) is 0.722. The predicted molar refractivity (Wildman–Crippen MR) is 96.6 cm³/mol. The van der Waals surface area contributed by atoms with Crippen LogP contribution in [-0.4, -0.2) is 80.8 Å². The van der Waals surface area contributed by atoms with Gasteiger partial charge in [-0.2, -0.15) is 0 Å². The average molecular weight is 336 g/mol. The van der Waals surface area contributed by atoms with Crippen molar-refractivity contribution in [1.82, 2.24) is 19.7 Å². The molecule has 0 spiro atoms. The van der Waals surface area contributed by atoms with Crippen molar-refractivity contribution >= 4 is 5.91 Å². The summed E-state index contributed by atoms with van der Waals surface area (Å²) in [6.07, 6.45) is 0. The molecule has 1 aliphatic heterocycles. The van der Waals surface area contributed by atoms with Crippen LogP contribution in [0.2, 0.25) is 0 Å². The quantitative estimate of drug-likeness (QED) is 0.806. The third-order valence-corrected chi connectivity index (χ3v) is 4.88. The Kier molecular flexibility index (Phi) is 6.43. The highest BCUT2D eigenvalue weighted by Crippen LogP contribution is 2.19. The van der Waals surface area contributed by atoms with Crippen LogP contribution in [0.5, 0.6) is 0 Å². The Balaban J connectivity index is 2.09. The van der Waals surface area contributed by atoms with E-state index in [-0.39, 0.29) is 11.9 Å². The van der Waals surface area contributed by atoms with E-state index in [0.29, 0.717) is 12.5 Å². The number of hydrogen-bond acceptors (Lipinski definition) is 4. The Morgan fingerprint density at radius 1 is 1.38 bits per heavy atom. The van der Waals surface area contributed by atoms with Gasteiger partial charge in [0.1, 0.15) is 0 Å². The maximum Gasteiger partial charge on any atom is 0.253 e. The van der Waals surface area contributed by atoms with E-state index < -0.39 is 0 Å². The molecule has 1 N–H and O–H groups in total. The largest absolute Gasteiger partial charge is 0.383 e. The molecule has 0 bridgehead atoms. The lowest BCUT2D eigenvalue weighted by Gasteiger charge is -2.23. The van der Waals surface area contributed by atoms with Gasteiger partial charge in [0.25, 0.3) is 5.91 Å². The lowest BCUT2D eigenvalue weighted by molar-refractivity contribution is 0.0926. The van der Waals surface area contributed by atoms with Crippen molar-refractivity contribution in [3.63, 3.8) is 0 Å². The van der Waals surface area contributed by atoms with Gasteiger partial charge in [0.15, 0.2) is 0 Å². The first-order valence-corrected chi connectivity index (χ1v) is 8.63. The molecule has 1 fully saturated rings. The molecule has 1 aromatic heterocycles. The second kappa shape index (κ2) is 8.14. The smallest absolute Gasteiger partial charge is 0.253 e. The third-order valence-electron chi connectivity index (χ3n) is 4.88. The summed E-state index contributed by atoms with van der Waals surface area (Å²) < 4.78 is 7.31. The van der Waals surface area contributed by atoms with Crippen LogP contribution in [0.4, 0.5) is 0 Å². The minimum absolute atomic E-state index is 0.0378. The lowest BCUT2D eigenvalue weighted by Crippen LogP contribution is -2.43. The number of likely N-dealkylation sites (N-methyl/N-ethyl adjacent to an activating group) is 1. The highest BCUT2D eigenvalue weighted by molar-refractivity contribution is 5.96. The Labute approximate surface area is 145 Å². The van der Waals surface area contributed by atoms with E-state index in [1.807, 2.05) is 19.9 Å². The molecule has 1 amide bonds. The van der Waals surface area contributed by atoms with Gasteiger partial charge < -0.3 is 24.4 Å². The number of ether oxygens (including phenoxy) is 1. The van der Waals surface area contributed by atoms with E-state index in [1.165, 1.54) is 0 Å². The van der Waals surface area contributed by atoms with Gasteiger partial charge in [-0.05, 0) is 41.1 Å². The van der Waals surface area contributed by atoms with Crippen LogP contribution in [0.15, 0.2) is 6.07 Å². The highest BCUT2D eigenvalue weighted by atomic mass is 16.5. The van der Waals surface area contributed by atoms with Gasteiger partial charge in [0, 0.05) is 56.6 Å². The maximum absolute atomic E-state index is 12.8. The van der Waals surface area contributed by atoms with Gasteiger partial charge in [-0.15, -0.1) is 0 Å². The van der Waals surface area contributed by atoms with Gasteiger partial charge in [-0.1, -0.05) is 0 Å². The van der Waals surface area contributed by atoms with Gasteiger partial charge in [0.2, 0.25) is 0 Å². The number of nitrogens with one attached hydrogen (secondary N) is 1. The van der Waals surface area contributed by atoms with Gasteiger partial charge >= 0.3 is 0 Å². The summed E-state index contributed by atoms with van der Waals surface area (Å²) in [4.78, 5) is 17.3. The summed E-state index contributed by atoms with van der Waals surface area (Å²) in [6.45, 7) is 8.39. The number of likely N-dealkylation sites (tertiary alicyclic amines) is 1. The van der Waals surface area contributed by atoms with Crippen LogP contribution >= 0.6 is 0 Å². The molecule has 136 valence electrons. The molecule has 0 radical (unpaired) electrons. The van der Waals surface area contributed by atoms with Crippen LogP contribution in [-0.2, 0) is 11.3 Å². The molecule has 6 heteroatoms. The molecule has 2 atom stereocenters. The number of hydrogen-bond donors (Lipinski definition) is 1. The fourth-order valence-corrected chi connectivity index (χ4v) is 3.71. The SMILES string of the molecule is COCCn1c(C)cc(C(=O)N[C@@H]2CN(C)C[C@H]2CN(C)C)c1C. The normalized spacial score (nSPS) is 21.6. The van der Waals surface area contributed by atoms with Crippen molar-refractivity contribution in [2.75, 3.05) is 54.5 Å². The number of rotatable bonds is 7. The first-order chi connectivity index (χ1) is 11.3. The number of amides is 1. The van der Waals surface area contributed by atoms with Crippen molar-refractivity contribution in [3.05, 3.63) is 23.0 Å². The first kappa shape index (κ1) is 19.0. The lowest BCUT2D eigenvalue weighted by atomic mass is 10.0. The van der Waals surface area contributed by atoms with Crippen molar-refractivity contribution in [3.8, 4) is 0 Å². The molecular weight excluding hydrogens is 304 g/mol. The molecule has 6 nitrogen and oxygen atoms in total. The maximum atomic E-state index is 12.8.